The van der Waals surface area contributed by atoms with E-state index in [4.69, 9.17) is 4.52 Å². The molecule has 0 aliphatic rings. The van der Waals surface area contributed by atoms with Crippen molar-refractivity contribution in [2.24, 2.45) is 0 Å². The second-order valence-electron chi connectivity index (χ2n) is 7.79. The number of nitrogens with zero attached hydrogens (tertiary/aromatic N) is 4. The van der Waals surface area contributed by atoms with Gasteiger partial charge in [0.25, 0.3) is 0 Å². The predicted molar refractivity (Wildman–Crippen MR) is 102 cm³/mol. The van der Waals surface area contributed by atoms with E-state index in [1.807, 2.05) is 20.8 Å². The number of hydrogen-bond acceptors (Lipinski definition) is 5. The normalized spacial score (nSPS) is 12.2. The molecule has 3 aromatic heterocycles. The number of benzene rings is 1. The Labute approximate surface area is 194 Å². The van der Waals surface area contributed by atoms with Crippen LogP contribution in [0.25, 0.3) is 34.1 Å². The molecule has 0 fully saturated rings. The molecule has 1 aromatic carbocycles. The van der Waals surface area contributed by atoms with Gasteiger partial charge in [-0.1, -0.05) is 44.1 Å². The molecule has 0 spiro atoms. The summed E-state index contributed by atoms with van der Waals surface area (Å²) < 4.78 is 45.5. The van der Waals surface area contributed by atoms with Gasteiger partial charge in [-0.2, -0.15) is 13.2 Å². The van der Waals surface area contributed by atoms with E-state index in [1.165, 1.54) is 18.2 Å². The topological polar surface area (TPSA) is 80.5 Å². The molecule has 0 aliphatic heterocycles. The van der Waals surface area contributed by atoms with Gasteiger partial charge < -0.3 is 10.9 Å². The first-order chi connectivity index (χ1) is 13.5. The van der Waals surface area contributed by atoms with Crippen LogP contribution in [-0.4, -0.2) is 25.1 Å². The summed E-state index contributed by atoms with van der Waals surface area (Å²) in [5, 5.41) is 4.06. The van der Waals surface area contributed by atoms with Crippen molar-refractivity contribution in [2.45, 2.75) is 39.3 Å². The first-order valence-corrected chi connectivity index (χ1v) is 8.92. The van der Waals surface area contributed by atoms with Crippen molar-refractivity contribution >= 4 is 11.2 Å². The molecule has 0 saturated heterocycles. The van der Waals surface area contributed by atoms with Crippen molar-refractivity contribution < 1.29 is 48.7 Å². The Morgan fingerprint density at radius 1 is 1.03 bits per heavy atom. The van der Waals surface area contributed by atoms with Gasteiger partial charge in [-0.05, 0) is 13.0 Å². The summed E-state index contributed by atoms with van der Waals surface area (Å²) in [4.78, 5) is 16.0. The minimum atomic E-state index is -4.51. The van der Waals surface area contributed by atoms with Gasteiger partial charge in [-0.3, -0.25) is 0 Å². The maximum absolute atomic E-state index is 13.4. The third-order valence-corrected chi connectivity index (χ3v) is 4.52. The average molecular weight is 425 g/mol. The number of alkyl halides is 3. The molecule has 0 unspecified atom stereocenters. The Kier molecular flexibility index (Phi) is 5.83. The number of fused-ring (bicyclic) bond motifs is 1. The van der Waals surface area contributed by atoms with Crippen LogP contribution in [0.1, 0.15) is 39.1 Å². The van der Waals surface area contributed by atoms with Crippen LogP contribution in [0.4, 0.5) is 13.2 Å². The Bertz CT molecular complexity index is 1210. The van der Waals surface area contributed by atoms with Crippen LogP contribution in [0.3, 0.4) is 0 Å². The molecule has 4 rings (SSSR count). The van der Waals surface area contributed by atoms with Crippen molar-refractivity contribution in [3.8, 4) is 23.0 Å². The molecule has 0 radical (unpaired) electrons. The number of hydrogen-bond donors (Lipinski definition) is 1. The summed E-state index contributed by atoms with van der Waals surface area (Å²) in [7, 11) is 0. The molecular weight excluding hydrogens is 406 g/mol. The van der Waals surface area contributed by atoms with Gasteiger partial charge in [0, 0.05) is 17.0 Å². The van der Waals surface area contributed by atoms with Crippen LogP contribution >= 0.6 is 0 Å². The minimum absolute atomic E-state index is 0. The van der Waals surface area contributed by atoms with Gasteiger partial charge in [0.1, 0.15) is 5.52 Å². The van der Waals surface area contributed by atoms with Gasteiger partial charge in [-0.15, -0.1) is 0 Å². The quantitative estimate of drug-likeness (QED) is 0.499. The zero-order valence-electron chi connectivity index (χ0n) is 18.2. The van der Waals surface area contributed by atoms with E-state index in [9.17, 15) is 13.2 Å². The molecule has 4 aromatic rings. The molecule has 3 heterocycles. The number of imidazole rings is 1. The number of aryl methyl sites for hydroxylation is 1. The monoisotopic (exact) mass is 425 g/mol. The summed E-state index contributed by atoms with van der Waals surface area (Å²) in [5.41, 5.74) is 0.948. The maximum atomic E-state index is 13.4. The number of rotatable bonds is 2. The first-order valence-electron chi connectivity index (χ1n) is 8.92. The molecule has 30 heavy (non-hydrogen) atoms. The fraction of sp³-hybridized carbons (Fsp3) is 0.300. The van der Waals surface area contributed by atoms with Crippen molar-refractivity contribution in [3.05, 3.63) is 47.3 Å². The van der Waals surface area contributed by atoms with Gasteiger partial charge in [-0.25, -0.2) is 15.0 Å². The van der Waals surface area contributed by atoms with E-state index in [0.717, 1.165) is 11.8 Å². The van der Waals surface area contributed by atoms with Crippen LogP contribution < -0.4 is 29.6 Å². The largest absolute Gasteiger partial charge is 1.00 e. The van der Waals surface area contributed by atoms with Crippen molar-refractivity contribution in [3.63, 3.8) is 0 Å². The van der Waals surface area contributed by atoms with Crippen molar-refractivity contribution in [2.75, 3.05) is 0 Å². The van der Waals surface area contributed by atoms with E-state index in [0.29, 0.717) is 22.8 Å². The number of aromatic nitrogens is 5. The molecule has 1 N–H and O–H groups in total. The van der Waals surface area contributed by atoms with E-state index in [-0.39, 0.29) is 53.4 Å². The average Bonchev–Trinajstić information content (AvgIpc) is 3.27. The number of H-pyrrole nitrogens is 1. The molecule has 0 saturated carbocycles. The van der Waals surface area contributed by atoms with Gasteiger partial charge in [0.05, 0.1) is 17.0 Å². The Balaban J connectivity index is 0.00000171. The Morgan fingerprint density at radius 3 is 2.37 bits per heavy atom. The van der Waals surface area contributed by atoms with Crippen LogP contribution in [0, 0.1) is 6.92 Å². The first kappa shape index (κ1) is 22.5. The molecule has 0 aliphatic carbocycles. The molecule has 0 amide bonds. The maximum Gasteiger partial charge on any atom is 1.00 e. The SMILES string of the molecule is Cc1nc(-c2ccccc2C(F)(F)F)nc2nc(-c3cc(C(C)(C)C)no3)[nH]c12.[H-].[Na+]. The van der Waals surface area contributed by atoms with Crippen LogP contribution in [0.5, 0.6) is 0 Å². The third kappa shape index (κ3) is 4.14. The zero-order valence-corrected chi connectivity index (χ0v) is 19.2. The molecule has 0 bridgehead atoms. The molecular formula is C20H19F3N5NaO. The van der Waals surface area contributed by atoms with Crippen LogP contribution in [0.2, 0.25) is 0 Å². The van der Waals surface area contributed by atoms with Crippen LogP contribution in [-0.2, 0) is 11.6 Å². The third-order valence-electron chi connectivity index (χ3n) is 4.52. The molecule has 6 nitrogen and oxygen atoms in total. The number of aromatic amines is 1. The Morgan fingerprint density at radius 2 is 1.73 bits per heavy atom. The van der Waals surface area contributed by atoms with Gasteiger partial charge >= 0.3 is 35.7 Å². The summed E-state index contributed by atoms with van der Waals surface area (Å²) in [5.74, 6) is 0.778. The zero-order chi connectivity index (χ0) is 21.0. The van der Waals surface area contributed by atoms with E-state index in [1.54, 1.807) is 13.0 Å². The summed E-state index contributed by atoms with van der Waals surface area (Å²) in [6.07, 6.45) is -4.51. The van der Waals surface area contributed by atoms with E-state index < -0.39 is 11.7 Å². The number of halogens is 3. The van der Waals surface area contributed by atoms with Gasteiger partial charge in [0.2, 0.25) is 5.76 Å². The second kappa shape index (κ2) is 7.79. The van der Waals surface area contributed by atoms with Crippen LogP contribution in [0.15, 0.2) is 34.9 Å². The fourth-order valence-electron chi connectivity index (χ4n) is 2.94. The van der Waals surface area contributed by atoms with Crippen molar-refractivity contribution in [1.82, 2.24) is 25.1 Å². The van der Waals surface area contributed by atoms with E-state index in [2.05, 4.69) is 25.1 Å². The standard InChI is InChI=1S/C20H18F3N5O.Na.H/c1-10-15-18(27-17(25-15)13-9-14(28-29-13)19(2,3)4)26-16(24-10)11-7-5-6-8-12(11)20(21,22)23;;/h5-9H,1-4H3,(H,24,25,26,27);;/q;+1;-1. The molecule has 10 heteroatoms. The number of nitrogens with one attached hydrogen (secondary N) is 1. The summed E-state index contributed by atoms with van der Waals surface area (Å²) in [6, 6.07) is 6.99. The van der Waals surface area contributed by atoms with E-state index >= 15 is 0 Å². The minimum Gasteiger partial charge on any atom is -1.00 e. The fourth-order valence-corrected chi connectivity index (χ4v) is 2.94. The smallest absolute Gasteiger partial charge is 1.00 e. The van der Waals surface area contributed by atoms with Gasteiger partial charge in [0.15, 0.2) is 17.3 Å². The summed E-state index contributed by atoms with van der Waals surface area (Å²) >= 11 is 0. The predicted octanol–water partition coefficient (Wildman–Crippen LogP) is 2.42. The Hall–Kier alpha value is -2.23. The molecule has 152 valence electrons. The molecule has 0 atom stereocenters. The van der Waals surface area contributed by atoms with Crippen molar-refractivity contribution in [1.29, 1.82) is 0 Å². The summed E-state index contributed by atoms with van der Waals surface area (Å²) in [6.45, 7) is 7.71. The second-order valence-corrected chi connectivity index (χ2v) is 7.79.